The van der Waals surface area contributed by atoms with E-state index in [2.05, 4.69) is 19.2 Å². The van der Waals surface area contributed by atoms with Crippen LogP contribution in [0.2, 0.25) is 0 Å². The van der Waals surface area contributed by atoms with E-state index < -0.39 is 12.0 Å². The normalized spacial score (nSPS) is 20.5. The molecule has 2 N–H and O–H groups in total. The molecule has 0 aromatic rings. The number of hydrogen-bond donors (Lipinski definition) is 2. The van der Waals surface area contributed by atoms with Gasteiger partial charge in [-0.3, -0.25) is 0 Å². The molecule has 6 heteroatoms. The van der Waals surface area contributed by atoms with E-state index in [1.54, 1.807) is 0 Å². The third-order valence-corrected chi connectivity index (χ3v) is 3.55. The number of nitrogens with one attached hydrogen (secondary N) is 1. The van der Waals surface area contributed by atoms with E-state index in [0.29, 0.717) is 13.2 Å². The van der Waals surface area contributed by atoms with Gasteiger partial charge in [0.05, 0.1) is 13.2 Å². The van der Waals surface area contributed by atoms with Crippen LogP contribution in [0.3, 0.4) is 0 Å². The van der Waals surface area contributed by atoms with Crippen molar-refractivity contribution < 1.29 is 19.4 Å². The largest absolute Gasteiger partial charge is 0.480 e. The van der Waals surface area contributed by atoms with Crippen molar-refractivity contribution in [2.75, 3.05) is 19.8 Å². The van der Waals surface area contributed by atoms with Gasteiger partial charge in [0.15, 0.2) is 6.04 Å². The molecular formula is C14H26N2O4. The summed E-state index contributed by atoms with van der Waals surface area (Å²) in [6.45, 7) is 4.99. The van der Waals surface area contributed by atoms with Crippen LogP contribution >= 0.6 is 0 Å². The van der Waals surface area contributed by atoms with E-state index in [-0.39, 0.29) is 18.7 Å². The molecule has 1 aliphatic rings. The zero-order valence-corrected chi connectivity index (χ0v) is 12.4. The molecule has 6 nitrogen and oxygen atoms in total. The van der Waals surface area contributed by atoms with Gasteiger partial charge in [0.1, 0.15) is 0 Å². The molecule has 20 heavy (non-hydrogen) atoms. The Morgan fingerprint density at radius 2 is 2.10 bits per heavy atom. The molecule has 1 rings (SSSR count). The Labute approximate surface area is 120 Å². The van der Waals surface area contributed by atoms with E-state index in [9.17, 15) is 9.59 Å². The average molecular weight is 286 g/mol. The Morgan fingerprint density at radius 3 is 2.70 bits per heavy atom. The molecular weight excluding hydrogens is 260 g/mol. The lowest BCUT2D eigenvalue weighted by Crippen LogP contribution is -2.57. The highest BCUT2D eigenvalue weighted by Crippen LogP contribution is 2.11. The number of carbonyl (C=O) groups excluding carboxylic acids is 1. The van der Waals surface area contributed by atoms with Gasteiger partial charge in [0.25, 0.3) is 0 Å². The highest BCUT2D eigenvalue weighted by atomic mass is 16.5. The maximum Gasteiger partial charge on any atom is 0.328 e. The third-order valence-electron chi connectivity index (χ3n) is 3.55. The Bertz CT molecular complexity index is 322. The number of carbonyl (C=O) groups is 2. The van der Waals surface area contributed by atoms with E-state index in [4.69, 9.17) is 9.84 Å². The van der Waals surface area contributed by atoms with E-state index in [1.807, 2.05) is 0 Å². The molecule has 2 atom stereocenters. The standard InChI is InChI=1S/C14H26N2O4/c1-3-5-7-11(6-4-2)15-14(19)16-8-9-20-10-12(16)13(17)18/h11-12H,3-10H2,1-2H3,(H,15,19)(H,17,18). The van der Waals surface area contributed by atoms with Crippen molar-refractivity contribution in [2.24, 2.45) is 0 Å². The van der Waals surface area contributed by atoms with Crippen LogP contribution in [-0.4, -0.2) is 53.8 Å². The van der Waals surface area contributed by atoms with Crippen LogP contribution in [-0.2, 0) is 9.53 Å². The fourth-order valence-corrected chi connectivity index (χ4v) is 2.40. The lowest BCUT2D eigenvalue weighted by Gasteiger charge is -2.34. The van der Waals surface area contributed by atoms with Gasteiger partial charge in [-0.1, -0.05) is 33.1 Å². The van der Waals surface area contributed by atoms with Crippen LogP contribution in [0.4, 0.5) is 4.79 Å². The summed E-state index contributed by atoms with van der Waals surface area (Å²) in [6, 6.07) is -1.03. The molecule has 0 spiro atoms. The van der Waals surface area contributed by atoms with E-state index >= 15 is 0 Å². The molecule has 2 unspecified atom stereocenters. The summed E-state index contributed by atoms with van der Waals surface area (Å²) in [7, 11) is 0. The Hall–Kier alpha value is -1.30. The predicted octanol–water partition coefficient (Wildman–Crippen LogP) is 1.84. The van der Waals surface area contributed by atoms with Crippen molar-refractivity contribution in [3.63, 3.8) is 0 Å². The van der Waals surface area contributed by atoms with Gasteiger partial charge in [0.2, 0.25) is 0 Å². The average Bonchev–Trinajstić information content (AvgIpc) is 2.44. The number of hydrogen-bond acceptors (Lipinski definition) is 3. The number of unbranched alkanes of at least 4 members (excludes halogenated alkanes) is 1. The van der Waals surface area contributed by atoms with Crippen LogP contribution in [0.1, 0.15) is 46.0 Å². The fourth-order valence-electron chi connectivity index (χ4n) is 2.40. The van der Waals surface area contributed by atoms with Gasteiger partial charge in [-0.15, -0.1) is 0 Å². The van der Waals surface area contributed by atoms with Gasteiger partial charge in [-0.2, -0.15) is 0 Å². The first-order valence-electron chi connectivity index (χ1n) is 7.47. The fraction of sp³-hybridized carbons (Fsp3) is 0.857. The smallest absolute Gasteiger partial charge is 0.328 e. The summed E-state index contributed by atoms with van der Waals surface area (Å²) in [5, 5.41) is 12.1. The monoisotopic (exact) mass is 286 g/mol. The van der Waals surface area contributed by atoms with Crippen LogP contribution in [0.25, 0.3) is 0 Å². The molecule has 116 valence electrons. The summed E-state index contributed by atoms with van der Waals surface area (Å²) in [5.74, 6) is -1.01. The highest BCUT2D eigenvalue weighted by molar-refractivity contribution is 5.83. The zero-order chi connectivity index (χ0) is 15.0. The minimum Gasteiger partial charge on any atom is -0.480 e. The molecule has 0 radical (unpaired) electrons. The first kappa shape index (κ1) is 16.8. The molecule has 0 saturated carbocycles. The SMILES string of the molecule is CCCCC(CCC)NC(=O)N1CCOCC1C(=O)O. The summed E-state index contributed by atoms with van der Waals surface area (Å²) >= 11 is 0. The van der Waals surface area contributed by atoms with Gasteiger partial charge in [-0.25, -0.2) is 9.59 Å². The summed E-state index contributed by atoms with van der Waals surface area (Å²) in [5.41, 5.74) is 0. The summed E-state index contributed by atoms with van der Waals surface area (Å²) in [6.07, 6.45) is 5.02. The van der Waals surface area contributed by atoms with Gasteiger partial charge >= 0.3 is 12.0 Å². The van der Waals surface area contributed by atoms with Crippen molar-refractivity contribution in [1.29, 1.82) is 0 Å². The molecule has 0 aromatic carbocycles. The van der Waals surface area contributed by atoms with Crippen molar-refractivity contribution in [3.8, 4) is 0 Å². The van der Waals surface area contributed by atoms with E-state index in [1.165, 1.54) is 4.90 Å². The summed E-state index contributed by atoms with van der Waals surface area (Å²) < 4.78 is 5.14. The Kier molecular flexibility index (Phi) is 7.36. The number of nitrogens with zero attached hydrogens (tertiary/aromatic N) is 1. The van der Waals surface area contributed by atoms with Gasteiger partial charge in [-0.05, 0) is 12.8 Å². The number of carboxylic acid groups (broad SMARTS) is 1. The lowest BCUT2D eigenvalue weighted by atomic mass is 10.1. The third kappa shape index (κ3) is 5.00. The van der Waals surface area contributed by atoms with Crippen LogP contribution in [0, 0.1) is 0 Å². The molecule has 0 aliphatic carbocycles. The van der Waals surface area contributed by atoms with Crippen LogP contribution in [0.15, 0.2) is 0 Å². The molecule has 1 aliphatic heterocycles. The first-order chi connectivity index (χ1) is 9.60. The number of carboxylic acids is 1. The molecule has 1 fully saturated rings. The van der Waals surface area contributed by atoms with Crippen LogP contribution in [0.5, 0.6) is 0 Å². The first-order valence-corrected chi connectivity index (χ1v) is 7.47. The van der Waals surface area contributed by atoms with Crippen molar-refractivity contribution in [2.45, 2.75) is 58.0 Å². The quantitative estimate of drug-likeness (QED) is 0.748. The zero-order valence-electron chi connectivity index (χ0n) is 12.4. The Morgan fingerprint density at radius 1 is 1.35 bits per heavy atom. The minimum absolute atomic E-state index is 0.0656. The molecule has 0 bridgehead atoms. The summed E-state index contributed by atoms with van der Waals surface area (Å²) in [4.78, 5) is 24.8. The maximum absolute atomic E-state index is 12.3. The highest BCUT2D eigenvalue weighted by Gasteiger charge is 2.33. The van der Waals surface area contributed by atoms with Crippen molar-refractivity contribution in [3.05, 3.63) is 0 Å². The molecule has 0 aromatic heterocycles. The predicted molar refractivity (Wildman–Crippen MR) is 75.7 cm³/mol. The van der Waals surface area contributed by atoms with Crippen LogP contribution < -0.4 is 5.32 Å². The van der Waals surface area contributed by atoms with Crippen molar-refractivity contribution >= 4 is 12.0 Å². The molecule has 2 amide bonds. The number of aliphatic carboxylic acids is 1. The molecule has 1 heterocycles. The number of rotatable bonds is 7. The molecule has 1 saturated heterocycles. The maximum atomic E-state index is 12.3. The number of urea groups is 1. The lowest BCUT2D eigenvalue weighted by molar-refractivity contribution is -0.147. The Balaban J connectivity index is 2.58. The van der Waals surface area contributed by atoms with Gasteiger partial charge in [0, 0.05) is 12.6 Å². The second-order valence-electron chi connectivity index (χ2n) is 5.20. The van der Waals surface area contributed by atoms with Gasteiger partial charge < -0.3 is 20.1 Å². The van der Waals surface area contributed by atoms with E-state index in [0.717, 1.165) is 32.1 Å². The topological polar surface area (TPSA) is 78.9 Å². The number of ether oxygens (including phenoxy) is 1. The second-order valence-corrected chi connectivity index (χ2v) is 5.20. The number of morpholine rings is 1. The minimum atomic E-state index is -1.01. The van der Waals surface area contributed by atoms with Crippen molar-refractivity contribution in [1.82, 2.24) is 10.2 Å². The number of amides is 2. The second kappa shape index (κ2) is 8.79.